The molecule has 2 aromatic rings. The van der Waals surface area contributed by atoms with Gasteiger partial charge in [0.25, 0.3) is 0 Å². The average molecular weight is 416 g/mol. The lowest BCUT2D eigenvalue weighted by Crippen LogP contribution is -2.10. The van der Waals surface area contributed by atoms with Crippen LogP contribution < -0.4 is 5.73 Å². The van der Waals surface area contributed by atoms with Crippen LogP contribution >= 0.6 is 66.4 Å². The SMILES string of the molecule is NC(c1cc(Br)c(Cl)s1)c1ccc(Cl)cc1Br. The Morgan fingerprint density at radius 2 is 1.82 bits per heavy atom. The van der Waals surface area contributed by atoms with Gasteiger partial charge in [-0.2, -0.15) is 0 Å². The molecule has 0 fully saturated rings. The molecule has 1 atom stereocenters. The number of rotatable bonds is 2. The van der Waals surface area contributed by atoms with E-state index in [2.05, 4.69) is 31.9 Å². The first-order valence-corrected chi connectivity index (χ1v) is 7.80. The molecule has 0 radical (unpaired) electrons. The highest BCUT2D eigenvalue weighted by Crippen LogP contribution is 2.38. The number of nitrogens with two attached hydrogens (primary N) is 1. The number of hydrogen-bond acceptors (Lipinski definition) is 2. The molecular weight excluding hydrogens is 409 g/mol. The molecule has 0 aliphatic heterocycles. The number of thiophene rings is 1. The quantitative estimate of drug-likeness (QED) is 0.676. The van der Waals surface area contributed by atoms with Crippen LogP contribution in [0.2, 0.25) is 9.36 Å². The monoisotopic (exact) mass is 413 g/mol. The summed E-state index contributed by atoms with van der Waals surface area (Å²) in [5.41, 5.74) is 7.19. The number of halogens is 4. The normalized spacial score (nSPS) is 12.8. The maximum atomic E-state index is 6.21. The van der Waals surface area contributed by atoms with E-state index in [1.54, 1.807) is 0 Å². The predicted octanol–water partition coefficient (Wildman–Crippen LogP) is 5.63. The van der Waals surface area contributed by atoms with Gasteiger partial charge in [0.15, 0.2) is 0 Å². The summed E-state index contributed by atoms with van der Waals surface area (Å²) in [6.07, 6.45) is 0. The summed E-state index contributed by atoms with van der Waals surface area (Å²) in [4.78, 5) is 1.00. The molecule has 1 heterocycles. The van der Waals surface area contributed by atoms with E-state index in [0.717, 1.165) is 19.4 Å². The third-order valence-corrected chi connectivity index (χ3v) is 5.75. The minimum atomic E-state index is -0.213. The molecule has 17 heavy (non-hydrogen) atoms. The summed E-state index contributed by atoms with van der Waals surface area (Å²) in [5.74, 6) is 0. The van der Waals surface area contributed by atoms with Gasteiger partial charge in [-0.25, -0.2) is 0 Å². The van der Waals surface area contributed by atoms with Gasteiger partial charge in [0.1, 0.15) is 4.34 Å². The average Bonchev–Trinajstić information content (AvgIpc) is 2.58. The zero-order valence-electron chi connectivity index (χ0n) is 8.38. The van der Waals surface area contributed by atoms with Crippen LogP contribution in [0.1, 0.15) is 16.5 Å². The van der Waals surface area contributed by atoms with Crippen molar-refractivity contribution in [1.82, 2.24) is 0 Å². The van der Waals surface area contributed by atoms with Crippen LogP contribution in [-0.4, -0.2) is 0 Å². The van der Waals surface area contributed by atoms with E-state index in [4.69, 9.17) is 28.9 Å². The highest BCUT2D eigenvalue weighted by molar-refractivity contribution is 9.10. The van der Waals surface area contributed by atoms with Crippen LogP contribution in [0.3, 0.4) is 0 Å². The van der Waals surface area contributed by atoms with Crippen LogP contribution in [0, 0.1) is 0 Å². The van der Waals surface area contributed by atoms with Crippen LogP contribution in [0.25, 0.3) is 0 Å². The van der Waals surface area contributed by atoms with Gasteiger partial charge in [-0.05, 0) is 39.7 Å². The lowest BCUT2D eigenvalue weighted by molar-refractivity contribution is 0.887. The molecule has 1 aromatic heterocycles. The number of hydrogen-bond donors (Lipinski definition) is 1. The molecule has 0 saturated carbocycles. The van der Waals surface area contributed by atoms with Crippen LogP contribution in [-0.2, 0) is 0 Å². The van der Waals surface area contributed by atoms with Gasteiger partial charge in [0.2, 0.25) is 0 Å². The molecule has 0 spiro atoms. The molecule has 2 rings (SSSR count). The van der Waals surface area contributed by atoms with E-state index in [0.29, 0.717) is 9.36 Å². The molecule has 0 amide bonds. The van der Waals surface area contributed by atoms with Crippen molar-refractivity contribution in [2.45, 2.75) is 6.04 Å². The summed E-state index contributed by atoms with van der Waals surface area (Å²) in [5, 5.41) is 0.679. The molecular formula is C11H7Br2Cl2NS. The van der Waals surface area contributed by atoms with E-state index >= 15 is 0 Å². The lowest BCUT2D eigenvalue weighted by atomic mass is 10.1. The predicted molar refractivity (Wildman–Crippen MR) is 82.2 cm³/mol. The second-order valence-electron chi connectivity index (χ2n) is 3.41. The van der Waals surface area contributed by atoms with Crippen LogP contribution in [0.15, 0.2) is 33.2 Å². The largest absolute Gasteiger partial charge is 0.320 e. The summed E-state index contributed by atoms with van der Waals surface area (Å²) in [6, 6.07) is 7.31. The second-order valence-corrected chi connectivity index (χ2v) is 7.24. The molecule has 0 bridgehead atoms. The van der Waals surface area contributed by atoms with Crippen molar-refractivity contribution in [3.63, 3.8) is 0 Å². The maximum Gasteiger partial charge on any atom is 0.107 e. The zero-order chi connectivity index (χ0) is 12.6. The first-order valence-electron chi connectivity index (χ1n) is 4.64. The minimum absolute atomic E-state index is 0.213. The molecule has 0 aliphatic rings. The van der Waals surface area contributed by atoms with Gasteiger partial charge in [-0.1, -0.05) is 45.2 Å². The molecule has 6 heteroatoms. The molecule has 1 nitrogen and oxygen atoms in total. The van der Waals surface area contributed by atoms with Gasteiger partial charge in [0.05, 0.1) is 6.04 Å². The van der Waals surface area contributed by atoms with Gasteiger partial charge < -0.3 is 5.73 Å². The third-order valence-electron chi connectivity index (χ3n) is 2.27. The van der Waals surface area contributed by atoms with Crippen molar-refractivity contribution >= 4 is 66.4 Å². The Morgan fingerprint density at radius 3 is 2.35 bits per heavy atom. The molecule has 1 unspecified atom stereocenters. The van der Waals surface area contributed by atoms with Gasteiger partial charge in [-0.15, -0.1) is 11.3 Å². The fraction of sp³-hybridized carbons (Fsp3) is 0.0909. The highest BCUT2D eigenvalue weighted by atomic mass is 79.9. The molecule has 0 saturated heterocycles. The highest BCUT2D eigenvalue weighted by Gasteiger charge is 2.16. The summed E-state index contributed by atoms with van der Waals surface area (Å²) in [6.45, 7) is 0. The molecule has 1 aromatic carbocycles. The van der Waals surface area contributed by atoms with Crippen molar-refractivity contribution < 1.29 is 0 Å². The Kier molecular flexibility index (Phi) is 4.55. The third kappa shape index (κ3) is 3.06. The topological polar surface area (TPSA) is 26.0 Å². The summed E-state index contributed by atoms with van der Waals surface area (Å²) >= 11 is 20.2. The Balaban J connectivity index is 2.39. The lowest BCUT2D eigenvalue weighted by Gasteiger charge is -2.12. The van der Waals surface area contributed by atoms with Crippen molar-refractivity contribution in [2.75, 3.05) is 0 Å². The standard InChI is InChI=1S/C11H7Br2Cl2NS/c12-7-3-5(14)1-2-6(7)10(16)9-4-8(13)11(15)17-9/h1-4,10H,16H2. The smallest absolute Gasteiger partial charge is 0.107 e. The fourth-order valence-electron chi connectivity index (χ4n) is 1.42. The number of benzene rings is 1. The second kappa shape index (κ2) is 5.59. The van der Waals surface area contributed by atoms with E-state index in [1.165, 1.54) is 11.3 Å². The van der Waals surface area contributed by atoms with Crippen LogP contribution in [0.4, 0.5) is 0 Å². The summed E-state index contributed by atoms with van der Waals surface area (Å²) < 4.78 is 2.48. The summed E-state index contributed by atoms with van der Waals surface area (Å²) in [7, 11) is 0. The Bertz CT molecular complexity index is 537. The van der Waals surface area contributed by atoms with Crippen LogP contribution in [0.5, 0.6) is 0 Å². The first kappa shape index (κ1) is 13.8. The zero-order valence-corrected chi connectivity index (χ0v) is 13.9. The Labute approximate surface area is 130 Å². The molecule has 2 N–H and O–H groups in total. The van der Waals surface area contributed by atoms with Gasteiger partial charge in [0, 0.05) is 18.8 Å². The van der Waals surface area contributed by atoms with E-state index < -0.39 is 0 Å². The van der Waals surface area contributed by atoms with Gasteiger partial charge in [-0.3, -0.25) is 0 Å². The van der Waals surface area contributed by atoms with Crippen molar-refractivity contribution in [2.24, 2.45) is 5.73 Å². The van der Waals surface area contributed by atoms with E-state index in [1.807, 2.05) is 24.3 Å². The molecule has 0 aliphatic carbocycles. The molecule has 90 valence electrons. The first-order chi connectivity index (χ1) is 7.99. The van der Waals surface area contributed by atoms with E-state index in [-0.39, 0.29) is 6.04 Å². The maximum absolute atomic E-state index is 6.21. The van der Waals surface area contributed by atoms with Crippen molar-refractivity contribution in [3.8, 4) is 0 Å². The minimum Gasteiger partial charge on any atom is -0.320 e. The van der Waals surface area contributed by atoms with Crippen molar-refractivity contribution in [3.05, 3.63) is 53.0 Å². The Hall–Kier alpha value is 0.420. The van der Waals surface area contributed by atoms with Gasteiger partial charge >= 0.3 is 0 Å². The van der Waals surface area contributed by atoms with E-state index in [9.17, 15) is 0 Å². The Morgan fingerprint density at radius 1 is 1.12 bits per heavy atom. The van der Waals surface area contributed by atoms with Crippen molar-refractivity contribution in [1.29, 1.82) is 0 Å². The fourth-order valence-corrected chi connectivity index (χ4v) is 4.11.